The van der Waals surface area contributed by atoms with Gasteiger partial charge in [0.15, 0.2) is 0 Å². The zero-order valence-corrected chi connectivity index (χ0v) is 30.2. The van der Waals surface area contributed by atoms with E-state index in [1.807, 2.05) is 43.5 Å². The summed E-state index contributed by atoms with van der Waals surface area (Å²) in [5.41, 5.74) is 6.61. The summed E-state index contributed by atoms with van der Waals surface area (Å²) in [5, 5.41) is 11.2. The van der Waals surface area contributed by atoms with Crippen LogP contribution in [0.15, 0.2) is 88.2 Å². The van der Waals surface area contributed by atoms with E-state index in [2.05, 4.69) is 56.0 Å². The van der Waals surface area contributed by atoms with Crippen LogP contribution in [0.3, 0.4) is 0 Å². The molecule has 0 bridgehead atoms. The van der Waals surface area contributed by atoms with Crippen molar-refractivity contribution in [2.45, 2.75) is 32.5 Å². The summed E-state index contributed by atoms with van der Waals surface area (Å²) in [5.74, 6) is 1.05. The third-order valence-electron chi connectivity index (χ3n) is 9.24. The predicted molar refractivity (Wildman–Crippen MR) is 196 cm³/mol. The molecule has 50 heavy (non-hydrogen) atoms. The lowest BCUT2D eigenvalue weighted by molar-refractivity contribution is -0.129. The van der Waals surface area contributed by atoms with E-state index >= 15 is 0 Å². The van der Waals surface area contributed by atoms with Gasteiger partial charge in [0.2, 0.25) is 0 Å². The largest absolute Gasteiger partial charge is 0.496 e. The molecule has 3 aromatic heterocycles. The smallest absolute Gasteiger partial charge is 0.265 e. The second-order valence-corrected chi connectivity index (χ2v) is 13.2. The summed E-state index contributed by atoms with van der Waals surface area (Å²) < 4.78 is 14.0. The molecule has 0 spiro atoms. The van der Waals surface area contributed by atoms with Crippen molar-refractivity contribution in [3.63, 3.8) is 0 Å². The molecular formula is C39H37BrN6O4. The van der Waals surface area contributed by atoms with Crippen molar-refractivity contribution in [1.82, 2.24) is 24.3 Å². The Morgan fingerprint density at radius 1 is 1.10 bits per heavy atom. The van der Waals surface area contributed by atoms with Gasteiger partial charge in [-0.2, -0.15) is 5.26 Å². The maximum absolute atomic E-state index is 13.6. The van der Waals surface area contributed by atoms with E-state index < -0.39 is 0 Å². The second-order valence-electron chi connectivity index (χ2n) is 12.4. The van der Waals surface area contributed by atoms with Crippen LogP contribution in [0.25, 0.3) is 28.0 Å². The van der Waals surface area contributed by atoms with Crippen LogP contribution in [0.5, 0.6) is 11.5 Å². The number of amides is 1. The van der Waals surface area contributed by atoms with Crippen LogP contribution in [-0.4, -0.2) is 58.1 Å². The minimum Gasteiger partial charge on any atom is -0.496 e. The van der Waals surface area contributed by atoms with Gasteiger partial charge in [-0.15, -0.1) is 0 Å². The van der Waals surface area contributed by atoms with E-state index in [0.29, 0.717) is 53.2 Å². The number of nitrogens with zero attached hydrogens (tertiary/aromatic N) is 6. The molecule has 0 saturated carbocycles. The number of fused-ring (bicyclic) bond motifs is 2. The molecule has 1 amide bonds. The van der Waals surface area contributed by atoms with Gasteiger partial charge >= 0.3 is 0 Å². The van der Waals surface area contributed by atoms with Gasteiger partial charge in [-0.1, -0.05) is 24.3 Å². The van der Waals surface area contributed by atoms with Gasteiger partial charge in [-0.05, 0) is 100 Å². The van der Waals surface area contributed by atoms with Gasteiger partial charge in [-0.3, -0.25) is 19.5 Å². The molecule has 1 aliphatic heterocycles. The highest BCUT2D eigenvalue weighted by Gasteiger charge is 2.31. The zero-order valence-electron chi connectivity index (χ0n) is 28.6. The lowest BCUT2D eigenvalue weighted by Crippen LogP contribution is -2.40. The molecule has 6 rings (SSSR count). The highest BCUT2D eigenvalue weighted by Crippen LogP contribution is 2.38. The average molecular weight is 734 g/mol. The normalized spacial score (nSPS) is 14.4. The van der Waals surface area contributed by atoms with E-state index in [0.717, 1.165) is 27.6 Å². The fourth-order valence-electron chi connectivity index (χ4n) is 6.77. The van der Waals surface area contributed by atoms with Crippen molar-refractivity contribution in [2.24, 2.45) is 7.05 Å². The number of methoxy groups -OCH3 is 2. The molecular weight excluding hydrogens is 696 g/mol. The zero-order chi connectivity index (χ0) is 35.5. The van der Waals surface area contributed by atoms with Gasteiger partial charge in [-0.25, -0.2) is 4.98 Å². The van der Waals surface area contributed by atoms with E-state index in [1.54, 1.807) is 55.3 Å². The number of benzene rings is 2. The first kappa shape index (κ1) is 34.5. The molecule has 4 heterocycles. The molecule has 0 aliphatic carbocycles. The summed E-state index contributed by atoms with van der Waals surface area (Å²) in [4.78, 5) is 38.9. The van der Waals surface area contributed by atoms with E-state index in [-0.39, 0.29) is 23.1 Å². The summed E-state index contributed by atoms with van der Waals surface area (Å²) in [6.07, 6.45) is 7.33. The number of nitriles is 1. The van der Waals surface area contributed by atoms with Crippen LogP contribution in [0.1, 0.15) is 40.9 Å². The van der Waals surface area contributed by atoms with Crippen molar-refractivity contribution in [2.75, 3.05) is 27.8 Å². The fourth-order valence-corrected chi connectivity index (χ4v) is 7.13. The Morgan fingerprint density at radius 2 is 1.84 bits per heavy atom. The van der Waals surface area contributed by atoms with Crippen molar-refractivity contribution in [3.8, 4) is 28.7 Å². The first-order valence-corrected chi connectivity index (χ1v) is 17.0. The topological polar surface area (TPSA) is 114 Å². The third-order valence-corrected chi connectivity index (χ3v) is 9.68. The van der Waals surface area contributed by atoms with Crippen molar-refractivity contribution < 1.29 is 14.3 Å². The molecule has 1 atom stereocenters. The Hall–Kier alpha value is -5.31. The summed E-state index contributed by atoms with van der Waals surface area (Å²) in [6, 6.07) is 19.3. The molecule has 1 aliphatic rings. The monoisotopic (exact) mass is 732 g/mol. The van der Waals surface area contributed by atoms with E-state index in [4.69, 9.17) is 9.47 Å². The minimum atomic E-state index is -0.306. The van der Waals surface area contributed by atoms with Crippen LogP contribution in [0.2, 0.25) is 0 Å². The highest BCUT2D eigenvalue weighted by atomic mass is 79.9. The molecule has 0 N–H and O–H groups in total. The summed E-state index contributed by atoms with van der Waals surface area (Å²) in [7, 11) is 7.09. The Morgan fingerprint density at radius 3 is 2.54 bits per heavy atom. The van der Waals surface area contributed by atoms with Crippen LogP contribution in [-0.2, 0) is 31.4 Å². The first-order valence-electron chi connectivity index (χ1n) is 16.2. The Kier molecular flexibility index (Phi) is 10.1. The second kappa shape index (κ2) is 14.7. The van der Waals surface area contributed by atoms with Crippen molar-refractivity contribution in [3.05, 3.63) is 122 Å². The maximum atomic E-state index is 13.6. The average Bonchev–Trinajstić information content (AvgIpc) is 3.12. The molecule has 0 fully saturated rings. The Labute approximate surface area is 299 Å². The first-order chi connectivity index (χ1) is 24.1. The molecule has 0 radical (unpaired) electrons. The molecule has 11 heteroatoms. The maximum Gasteiger partial charge on any atom is 0.265 e. The molecule has 254 valence electrons. The number of aromatic nitrogens is 3. The Bertz CT molecular complexity index is 2220. The number of carbonyl (C=O) groups excluding carboxylic acids is 1. The third kappa shape index (κ3) is 6.77. The van der Waals surface area contributed by atoms with Gasteiger partial charge in [0.05, 0.1) is 36.9 Å². The molecule has 10 nitrogen and oxygen atoms in total. The minimum absolute atomic E-state index is 0.0530. The van der Waals surface area contributed by atoms with Crippen LogP contribution in [0, 0.1) is 11.3 Å². The molecule has 1 unspecified atom stereocenters. The SMILES string of the molecule is COc1cc(-c2cn(C)c(=O)c3cnccc23)cc(OC)c1CN(C)Cc1cccc2c1CCN(C(=O)/C(C#N)=C/c1cccc(Br)n1)C2C. The quantitative estimate of drug-likeness (QED) is 0.0965. The predicted octanol–water partition coefficient (Wildman–Crippen LogP) is 6.46. The highest BCUT2D eigenvalue weighted by molar-refractivity contribution is 9.10. The van der Waals surface area contributed by atoms with Gasteiger partial charge in [0.1, 0.15) is 27.7 Å². The number of rotatable bonds is 9. The summed E-state index contributed by atoms with van der Waals surface area (Å²) in [6.45, 7) is 3.72. The Balaban J connectivity index is 1.24. The van der Waals surface area contributed by atoms with E-state index in [1.165, 1.54) is 17.2 Å². The number of carbonyl (C=O) groups is 1. The van der Waals surface area contributed by atoms with Crippen molar-refractivity contribution in [1.29, 1.82) is 5.26 Å². The molecule has 5 aromatic rings. The summed E-state index contributed by atoms with van der Waals surface area (Å²) >= 11 is 3.35. The van der Waals surface area contributed by atoms with Crippen LogP contribution < -0.4 is 15.0 Å². The van der Waals surface area contributed by atoms with Crippen LogP contribution >= 0.6 is 15.9 Å². The number of hydrogen-bond acceptors (Lipinski definition) is 8. The standard InChI is InChI=1S/C39H37BrN6O4/c1-24-29-10-6-8-25(30(29)13-15-46(24)38(47)27(19-41)16-28-9-7-11-37(40)43-28)21-44(2)22-34-35(49-4)17-26(18-36(34)50-5)33-23-45(3)39(48)32-20-42-14-12-31(32)33/h6-12,14,16-18,20,23-24H,13,15,21-22H2,1-5H3/b27-16+. The number of halogens is 1. The number of aryl methyl sites for hydroxylation is 1. The lowest BCUT2D eigenvalue weighted by atomic mass is 9.89. The van der Waals surface area contributed by atoms with Crippen molar-refractivity contribution >= 4 is 38.7 Å². The van der Waals surface area contributed by atoms with Crippen LogP contribution in [0.4, 0.5) is 0 Å². The lowest BCUT2D eigenvalue weighted by Gasteiger charge is -2.36. The number of hydrogen-bond donors (Lipinski definition) is 0. The number of pyridine rings is 3. The fraction of sp³-hybridized carbons (Fsp3) is 0.256. The van der Waals surface area contributed by atoms with Gasteiger partial charge in [0.25, 0.3) is 11.5 Å². The van der Waals surface area contributed by atoms with E-state index in [9.17, 15) is 14.9 Å². The molecule has 0 saturated heterocycles. The molecule has 2 aromatic carbocycles. The van der Waals surface area contributed by atoms with Gasteiger partial charge < -0.3 is 18.9 Å². The van der Waals surface area contributed by atoms with Gasteiger partial charge in [0, 0.05) is 50.8 Å². The number of ether oxygens (including phenoxy) is 2.